The maximum absolute atomic E-state index is 11.6. The maximum Gasteiger partial charge on any atom is 0.239 e. The number of aliphatic hydroxyl groups excluding tert-OH is 1. The monoisotopic (exact) mass is 214 g/mol. The molecule has 4 heteroatoms. The summed E-state index contributed by atoms with van der Waals surface area (Å²) in [6.07, 6.45) is 1.79. The minimum Gasteiger partial charge on any atom is -0.396 e. The molecule has 1 rings (SSSR count). The molecular formula is C11H22N2O2. The maximum atomic E-state index is 11.6. The van der Waals surface area contributed by atoms with Crippen molar-refractivity contribution in [2.75, 3.05) is 26.7 Å². The van der Waals surface area contributed by atoms with Crippen LogP contribution >= 0.6 is 0 Å². The molecule has 0 aromatic rings. The van der Waals surface area contributed by atoms with Crippen molar-refractivity contribution < 1.29 is 9.90 Å². The van der Waals surface area contributed by atoms with Crippen molar-refractivity contribution >= 4 is 5.91 Å². The molecule has 0 aromatic heterocycles. The number of nitrogens with one attached hydrogen (secondary N) is 1. The van der Waals surface area contributed by atoms with Crippen LogP contribution in [0.1, 0.15) is 26.7 Å². The highest BCUT2D eigenvalue weighted by molar-refractivity contribution is 5.83. The van der Waals surface area contributed by atoms with E-state index in [-0.39, 0.29) is 24.0 Å². The number of hydrogen-bond donors (Lipinski definition) is 2. The summed E-state index contributed by atoms with van der Waals surface area (Å²) >= 11 is 0. The lowest BCUT2D eigenvalue weighted by Gasteiger charge is -2.27. The smallest absolute Gasteiger partial charge is 0.239 e. The van der Waals surface area contributed by atoms with Gasteiger partial charge in [0.15, 0.2) is 0 Å². The van der Waals surface area contributed by atoms with E-state index in [1.165, 1.54) is 0 Å². The highest BCUT2D eigenvalue weighted by Crippen LogP contribution is 2.19. The number of amides is 1. The van der Waals surface area contributed by atoms with Crippen LogP contribution in [0.3, 0.4) is 0 Å². The van der Waals surface area contributed by atoms with Crippen LogP contribution in [0, 0.1) is 5.41 Å². The van der Waals surface area contributed by atoms with Gasteiger partial charge in [0, 0.05) is 32.2 Å². The van der Waals surface area contributed by atoms with Crippen LogP contribution in [0.25, 0.3) is 0 Å². The summed E-state index contributed by atoms with van der Waals surface area (Å²) in [5, 5.41) is 12.5. The highest BCUT2D eigenvalue weighted by atomic mass is 16.3. The highest BCUT2D eigenvalue weighted by Gasteiger charge is 2.30. The third-order valence-corrected chi connectivity index (χ3v) is 3.44. The van der Waals surface area contributed by atoms with Gasteiger partial charge in [-0.05, 0) is 12.8 Å². The summed E-state index contributed by atoms with van der Waals surface area (Å²) in [5.74, 6) is 0.173. The molecule has 1 fully saturated rings. The number of likely N-dealkylation sites (tertiary alicyclic amines) is 1. The lowest BCUT2D eigenvalue weighted by molar-refractivity contribution is -0.128. The van der Waals surface area contributed by atoms with Crippen molar-refractivity contribution in [3.8, 4) is 0 Å². The number of carbonyl (C=O) groups excluding carboxylic acids is 1. The van der Waals surface area contributed by atoms with E-state index in [9.17, 15) is 9.90 Å². The molecule has 0 aromatic carbocycles. The summed E-state index contributed by atoms with van der Waals surface area (Å²) in [7, 11) is 1.83. The summed E-state index contributed by atoms with van der Waals surface area (Å²) in [5.41, 5.74) is -0.110. The second-order valence-corrected chi connectivity index (χ2v) is 4.80. The fraction of sp³-hybridized carbons (Fsp3) is 0.909. The van der Waals surface area contributed by atoms with E-state index in [1.54, 1.807) is 4.90 Å². The molecule has 1 aliphatic rings. The van der Waals surface area contributed by atoms with Gasteiger partial charge in [-0.2, -0.15) is 0 Å². The molecule has 1 aliphatic heterocycles. The van der Waals surface area contributed by atoms with Crippen LogP contribution in [0.15, 0.2) is 0 Å². The van der Waals surface area contributed by atoms with Gasteiger partial charge in [-0.25, -0.2) is 0 Å². The Hall–Kier alpha value is -0.610. The fourth-order valence-electron chi connectivity index (χ4n) is 1.67. The first-order valence-corrected chi connectivity index (χ1v) is 5.61. The third kappa shape index (κ3) is 2.92. The molecule has 2 atom stereocenters. The zero-order chi connectivity index (χ0) is 11.5. The summed E-state index contributed by atoms with van der Waals surface area (Å²) < 4.78 is 0. The van der Waals surface area contributed by atoms with Crippen molar-refractivity contribution in [2.24, 2.45) is 5.41 Å². The average Bonchev–Trinajstić information content (AvgIpc) is 2.57. The molecule has 0 spiro atoms. The number of carbonyl (C=O) groups is 1. The zero-order valence-corrected chi connectivity index (χ0v) is 9.92. The molecule has 0 saturated carbocycles. The van der Waals surface area contributed by atoms with Crippen molar-refractivity contribution in [1.82, 2.24) is 10.2 Å². The largest absolute Gasteiger partial charge is 0.396 e. The summed E-state index contributed by atoms with van der Waals surface area (Å²) in [6.45, 7) is 5.78. The number of nitrogens with zero attached hydrogens (tertiary/aromatic N) is 1. The van der Waals surface area contributed by atoms with Gasteiger partial charge in [-0.3, -0.25) is 4.79 Å². The van der Waals surface area contributed by atoms with Crippen LogP contribution in [-0.4, -0.2) is 48.7 Å². The van der Waals surface area contributed by atoms with Gasteiger partial charge in [-0.1, -0.05) is 13.8 Å². The van der Waals surface area contributed by atoms with Gasteiger partial charge in [0.05, 0.1) is 6.04 Å². The Balaban J connectivity index is 2.40. The van der Waals surface area contributed by atoms with E-state index in [0.717, 1.165) is 19.4 Å². The molecule has 2 unspecified atom stereocenters. The molecule has 4 nitrogen and oxygen atoms in total. The number of aliphatic hydroxyl groups is 1. The second kappa shape index (κ2) is 4.94. The molecule has 2 N–H and O–H groups in total. The van der Waals surface area contributed by atoms with Gasteiger partial charge in [0.25, 0.3) is 0 Å². The van der Waals surface area contributed by atoms with Crippen molar-refractivity contribution in [3.05, 3.63) is 0 Å². The number of rotatable bonds is 5. The van der Waals surface area contributed by atoms with Crippen molar-refractivity contribution in [2.45, 2.75) is 32.7 Å². The Kier molecular flexibility index (Phi) is 4.11. The lowest BCUT2D eigenvalue weighted by Crippen LogP contribution is -2.43. The van der Waals surface area contributed by atoms with E-state index in [0.29, 0.717) is 6.54 Å². The van der Waals surface area contributed by atoms with E-state index >= 15 is 0 Å². The molecule has 88 valence electrons. The minimum atomic E-state index is -0.110. The fourth-order valence-corrected chi connectivity index (χ4v) is 1.67. The van der Waals surface area contributed by atoms with Crippen LogP contribution < -0.4 is 5.32 Å². The van der Waals surface area contributed by atoms with E-state index in [1.807, 2.05) is 14.0 Å². The van der Waals surface area contributed by atoms with Gasteiger partial charge in [0.2, 0.25) is 5.91 Å². The molecule has 1 saturated heterocycles. The normalized spacial score (nSPS) is 25.7. The summed E-state index contributed by atoms with van der Waals surface area (Å²) in [6, 6.07) is -0.0487. The predicted octanol–water partition coefficient (Wildman–Crippen LogP) is 0.215. The summed E-state index contributed by atoms with van der Waals surface area (Å²) in [4.78, 5) is 13.3. The quantitative estimate of drug-likeness (QED) is 0.688. The van der Waals surface area contributed by atoms with Gasteiger partial charge in [-0.15, -0.1) is 0 Å². The Labute approximate surface area is 91.6 Å². The SMILES string of the molecule is CCC(C)(CO)CNC1CCN(C)C1=O. The van der Waals surface area contributed by atoms with Gasteiger partial charge >= 0.3 is 0 Å². The van der Waals surface area contributed by atoms with E-state index in [4.69, 9.17) is 0 Å². The van der Waals surface area contributed by atoms with Gasteiger partial charge < -0.3 is 15.3 Å². The van der Waals surface area contributed by atoms with Gasteiger partial charge in [0.1, 0.15) is 0 Å². The van der Waals surface area contributed by atoms with Crippen LogP contribution in [-0.2, 0) is 4.79 Å². The Morgan fingerprint density at radius 3 is 2.73 bits per heavy atom. The van der Waals surface area contributed by atoms with Crippen molar-refractivity contribution in [3.63, 3.8) is 0 Å². The zero-order valence-electron chi connectivity index (χ0n) is 9.92. The Morgan fingerprint density at radius 1 is 1.67 bits per heavy atom. The number of likely N-dealkylation sites (N-methyl/N-ethyl adjacent to an activating group) is 1. The first kappa shape index (κ1) is 12.5. The molecule has 15 heavy (non-hydrogen) atoms. The molecule has 1 amide bonds. The molecule has 1 heterocycles. The topological polar surface area (TPSA) is 52.6 Å². The van der Waals surface area contributed by atoms with Crippen LogP contribution in [0.2, 0.25) is 0 Å². The van der Waals surface area contributed by atoms with E-state index < -0.39 is 0 Å². The predicted molar refractivity (Wildman–Crippen MR) is 59.5 cm³/mol. The molecule has 0 bridgehead atoms. The lowest BCUT2D eigenvalue weighted by atomic mass is 9.88. The Bertz CT molecular complexity index is 227. The third-order valence-electron chi connectivity index (χ3n) is 3.44. The standard InChI is InChI=1S/C11H22N2O2/c1-4-11(2,8-14)7-12-9-5-6-13(3)10(9)15/h9,12,14H,4-8H2,1-3H3. The molecule has 0 radical (unpaired) electrons. The van der Waals surface area contributed by atoms with Crippen molar-refractivity contribution in [1.29, 1.82) is 0 Å². The Morgan fingerprint density at radius 2 is 2.33 bits per heavy atom. The average molecular weight is 214 g/mol. The van der Waals surface area contributed by atoms with Crippen LogP contribution in [0.4, 0.5) is 0 Å². The first-order chi connectivity index (χ1) is 7.02. The molecular weight excluding hydrogens is 192 g/mol. The second-order valence-electron chi connectivity index (χ2n) is 4.80. The molecule has 0 aliphatic carbocycles. The van der Waals surface area contributed by atoms with Crippen LogP contribution in [0.5, 0.6) is 0 Å². The first-order valence-electron chi connectivity index (χ1n) is 5.61. The minimum absolute atomic E-state index is 0.0487. The number of hydrogen-bond acceptors (Lipinski definition) is 3. The van der Waals surface area contributed by atoms with E-state index in [2.05, 4.69) is 12.2 Å².